The molecule has 3 heteroatoms. The van der Waals surface area contributed by atoms with Gasteiger partial charge in [0.25, 0.3) is 0 Å². The minimum atomic E-state index is 0.221. The summed E-state index contributed by atoms with van der Waals surface area (Å²) in [7, 11) is 0. The summed E-state index contributed by atoms with van der Waals surface area (Å²) in [6.07, 6.45) is 0.620. The highest BCUT2D eigenvalue weighted by atomic mass is 32.1. The van der Waals surface area contributed by atoms with E-state index in [9.17, 15) is 4.79 Å². The van der Waals surface area contributed by atoms with Gasteiger partial charge >= 0.3 is 0 Å². The van der Waals surface area contributed by atoms with Crippen LogP contribution < -0.4 is 5.32 Å². The molecule has 1 aliphatic rings. The molecular formula is C11H15NOS. The van der Waals surface area contributed by atoms with Gasteiger partial charge in [0.15, 0.2) is 0 Å². The average molecular weight is 209 g/mol. The van der Waals surface area contributed by atoms with Crippen molar-refractivity contribution in [2.45, 2.75) is 13.3 Å². The van der Waals surface area contributed by atoms with Crippen molar-refractivity contribution in [1.82, 2.24) is 5.32 Å². The van der Waals surface area contributed by atoms with Crippen molar-refractivity contribution in [2.24, 2.45) is 11.8 Å². The van der Waals surface area contributed by atoms with E-state index in [-0.39, 0.29) is 5.92 Å². The predicted octanol–water partition coefficient (Wildman–Crippen LogP) is 1.72. The van der Waals surface area contributed by atoms with Gasteiger partial charge in [-0.1, -0.05) is 13.0 Å². The molecule has 0 saturated carbocycles. The van der Waals surface area contributed by atoms with Crippen molar-refractivity contribution in [1.29, 1.82) is 0 Å². The maximum Gasteiger partial charge on any atom is 0.141 e. The Hall–Kier alpha value is -0.670. The Kier molecular flexibility index (Phi) is 2.99. The van der Waals surface area contributed by atoms with E-state index >= 15 is 0 Å². The second kappa shape index (κ2) is 4.24. The Balaban J connectivity index is 1.88. The fraction of sp³-hybridized carbons (Fsp3) is 0.545. The number of hydrogen-bond donors (Lipinski definition) is 1. The maximum absolute atomic E-state index is 11.8. The van der Waals surface area contributed by atoms with Crippen LogP contribution in [0.3, 0.4) is 0 Å². The average Bonchev–Trinajstić information content (AvgIpc) is 2.53. The molecule has 2 rings (SSSR count). The SMILES string of the molecule is CC(C(=O)Cc1cccs1)C1CNC1. The van der Waals surface area contributed by atoms with Crippen LogP contribution in [0.5, 0.6) is 0 Å². The minimum absolute atomic E-state index is 0.221. The van der Waals surface area contributed by atoms with Crippen LogP contribution in [0.15, 0.2) is 17.5 Å². The lowest BCUT2D eigenvalue weighted by atomic mass is 9.85. The van der Waals surface area contributed by atoms with Crippen LogP contribution in [0, 0.1) is 11.8 Å². The fourth-order valence-electron chi connectivity index (χ4n) is 1.67. The van der Waals surface area contributed by atoms with Gasteiger partial charge in [0.05, 0.1) is 0 Å². The van der Waals surface area contributed by atoms with Crippen LogP contribution in [-0.4, -0.2) is 18.9 Å². The molecule has 0 aromatic carbocycles. The van der Waals surface area contributed by atoms with Crippen LogP contribution in [0.1, 0.15) is 11.8 Å². The lowest BCUT2D eigenvalue weighted by Crippen LogP contribution is -2.47. The monoisotopic (exact) mass is 209 g/mol. The van der Waals surface area contributed by atoms with Gasteiger partial charge in [0.2, 0.25) is 0 Å². The van der Waals surface area contributed by atoms with E-state index in [1.54, 1.807) is 11.3 Å². The molecule has 0 amide bonds. The van der Waals surface area contributed by atoms with Gasteiger partial charge in [-0.3, -0.25) is 4.79 Å². The van der Waals surface area contributed by atoms with E-state index in [1.165, 1.54) is 4.88 Å². The molecule has 1 aliphatic heterocycles. The molecule has 0 radical (unpaired) electrons. The smallest absolute Gasteiger partial charge is 0.141 e. The highest BCUT2D eigenvalue weighted by Gasteiger charge is 2.28. The first-order valence-electron chi connectivity index (χ1n) is 5.03. The number of ketones is 1. The second-order valence-corrected chi connectivity index (χ2v) is 4.96. The highest BCUT2D eigenvalue weighted by molar-refractivity contribution is 7.10. The number of thiophene rings is 1. The number of carbonyl (C=O) groups is 1. The number of rotatable bonds is 4. The lowest BCUT2D eigenvalue weighted by Gasteiger charge is -2.31. The summed E-state index contributed by atoms with van der Waals surface area (Å²) in [6.45, 7) is 4.08. The van der Waals surface area contributed by atoms with Gasteiger partial charge in [0.1, 0.15) is 5.78 Å². The van der Waals surface area contributed by atoms with Crippen LogP contribution >= 0.6 is 11.3 Å². The van der Waals surface area contributed by atoms with Crippen LogP contribution in [0.4, 0.5) is 0 Å². The first-order chi connectivity index (χ1) is 6.77. The predicted molar refractivity (Wildman–Crippen MR) is 58.6 cm³/mol. The summed E-state index contributed by atoms with van der Waals surface area (Å²) < 4.78 is 0. The van der Waals surface area contributed by atoms with Crippen molar-refractivity contribution in [3.8, 4) is 0 Å². The molecule has 2 nitrogen and oxygen atoms in total. The molecule has 1 saturated heterocycles. The van der Waals surface area contributed by atoms with Gasteiger partial charge in [-0.25, -0.2) is 0 Å². The quantitative estimate of drug-likeness (QED) is 0.818. The van der Waals surface area contributed by atoms with Gasteiger partial charge in [-0.2, -0.15) is 0 Å². The largest absolute Gasteiger partial charge is 0.316 e. The summed E-state index contributed by atoms with van der Waals surface area (Å²) in [6, 6.07) is 4.04. The molecular weight excluding hydrogens is 194 g/mol. The molecule has 0 spiro atoms. The third-order valence-electron chi connectivity index (χ3n) is 2.96. The topological polar surface area (TPSA) is 29.1 Å². The first kappa shape index (κ1) is 9.87. The van der Waals surface area contributed by atoms with E-state index in [4.69, 9.17) is 0 Å². The van der Waals surface area contributed by atoms with E-state index in [0.717, 1.165) is 13.1 Å². The van der Waals surface area contributed by atoms with Gasteiger partial charge in [-0.15, -0.1) is 11.3 Å². The summed E-state index contributed by atoms with van der Waals surface area (Å²) in [4.78, 5) is 13.0. The number of nitrogens with one attached hydrogen (secondary N) is 1. The van der Waals surface area contributed by atoms with Crippen molar-refractivity contribution >= 4 is 17.1 Å². The van der Waals surface area contributed by atoms with Crippen molar-refractivity contribution < 1.29 is 4.79 Å². The molecule has 0 bridgehead atoms. The van der Waals surface area contributed by atoms with Crippen LogP contribution in [0.25, 0.3) is 0 Å². The Morgan fingerprint density at radius 3 is 3.00 bits per heavy atom. The zero-order valence-corrected chi connectivity index (χ0v) is 9.14. The Labute approximate surface area is 88.3 Å². The highest BCUT2D eigenvalue weighted by Crippen LogP contribution is 2.20. The molecule has 14 heavy (non-hydrogen) atoms. The van der Waals surface area contributed by atoms with E-state index < -0.39 is 0 Å². The second-order valence-electron chi connectivity index (χ2n) is 3.93. The number of hydrogen-bond acceptors (Lipinski definition) is 3. The first-order valence-corrected chi connectivity index (χ1v) is 5.91. The van der Waals surface area contributed by atoms with Crippen molar-refractivity contribution in [2.75, 3.05) is 13.1 Å². The third-order valence-corrected chi connectivity index (χ3v) is 3.83. The normalized spacial score (nSPS) is 18.9. The molecule has 1 N–H and O–H groups in total. The molecule has 1 fully saturated rings. The molecule has 1 aromatic heterocycles. The Bertz CT molecular complexity index is 303. The summed E-state index contributed by atoms with van der Waals surface area (Å²) >= 11 is 1.67. The van der Waals surface area contributed by atoms with Crippen LogP contribution in [-0.2, 0) is 11.2 Å². The standard InChI is InChI=1S/C11H15NOS/c1-8(9-6-12-7-9)11(13)5-10-3-2-4-14-10/h2-4,8-9,12H,5-7H2,1H3. The van der Waals surface area contributed by atoms with Gasteiger partial charge < -0.3 is 5.32 Å². The molecule has 1 aromatic rings. The Morgan fingerprint density at radius 2 is 2.50 bits per heavy atom. The van der Waals surface area contributed by atoms with Gasteiger partial charge in [0, 0.05) is 17.2 Å². The fourth-order valence-corrected chi connectivity index (χ4v) is 2.39. The maximum atomic E-state index is 11.8. The number of carbonyl (C=O) groups excluding carboxylic acids is 1. The van der Waals surface area contributed by atoms with E-state index in [0.29, 0.717) is 18.1 Å². The van der Waals surface area contributed by atoms with Crippen molar-refractivity contribution in [3.05, 3.63) is 22.4 Å². The zero-order valence-electron chi connectivity index (χ0n) is 8.32. The lowest BCUT2D eigenvalue weighted by molar-refractivity contribution is -0.123. The summed E-state index contributed by atoms with van der Waals surface area (Å²) in [5, 5.41) is 5.23. The van der Waals surface area contributed by atoms with Crippen LogP contribution in [0.2, 0.25) is 0 Å². The molecule has 76 valence electrons. The zero-order chi connectivity index (χ0) is 9.97. The molecule has 1 unspecified atom stereocenters. The molecule has 0 aliphatic carbocycles. The van der Waals surface area contributed by atoms with Crippen molar-refractivity contribution in [3.63, 3.8) is 0 Å². The third kappa shape index (κ3) is 2.04. The summed E-state index contributed by atoms with van der Waals surface area (Å²) in [5.74, 6) is 1.18. The van der Waals surface area contributed by atoms with E-state index in [2.05, 4.69) is 12.2 Å². The molecule has 1 atom stereocenters. The minimum Gasteiger partial charge on any atom is -0.316 e. The van der Waals surface area contributed by atoms with Gasteiger partial charge in [-0.05, 0) is 30.5 Å². The van der Waals surface area contributed by atoms with E-state index in [1.807, 2.05) is 17.5 Å². The summed E-state index contributed by atoms with van der Waals surface area (Å²) in [5.41, 5.74) is 0. The molecule has 2 heterocycles. The Morgan fingerprint density at radius 1 is 1.71 bits per heavy atom. The number of Topliss-reactive ketones (excluding diaryl/α,β-unsaturated/α-hetero) is 1.